The Labute approximate surface area is 146 Å². The van der Waals surface area contributed by atoms with Crippen molar-refractivity contribution < 1.29 is 8.42 Å². The summed E-state index contributed by atoms with van der Waals surface area (Å²) in [5, 5.41) is 4.26. The molecule has 0 saturated carbocycles. The molecule has 2 aromatic heterocycles. The third kappa shape index (κ3) is 2.85. The monoisotopic (exact) mass is 372 g/mol. The van der Waals surface area contributed by atoms with E-state index in [1.165, 1.54) is 8.99 Å². The van der Waals surface area contributed by atoms with Gasteiger partial charge in [0.1, 0.15) is 15.9 Å². The Morgan fingerprint density at radius 2 is 2.17 bits per heavy atom. The number of aromatic amines is 1. The summed E-state index contributed by atoms with van der Waals surface area (Å²) in [7, 11) is -2.07. The molecule has 1 fully saturated rings. The number of aromatic nitrogens is 4. The van der Waals surface area contributed by atoms with E-state index in [-0.39, 0.29) is 16.1 Å². The standard InChI is InChI=1S/C14H21ClN6O2S/c1-4-20-7-8-21(9-11(20)14-16-5-6-17-14)24(22,23)12-10(2)18-19(3)13(12)15/h5-6,11H,4,7-9H2,1-3H3,(H,16,17). The van der Waals surface area contributed by atoms with E-state index in [9.17, 15) is 8.42 Å². The Hall–Kier alpha value is -1.42. The Bertz CT molecular complexity index is 817. The molecule has 1 atom stereocenters. The van der Waals surface area contributed by atoms with Crippen LogP contribution in [0.3, 0.4) is 0 Å². The summed E-state index contributed by atoms with van der Waals surface area (Å²) >= 11 is 6.18. The van der Waals surface area contributed by atoms with Gasteiger partial charge in [-0.2, -0.15) is 9.40 Å². The highest BCUT2D eigenvalue weighted by Crippen LogP contribution is 2.31. The first-order valence-electron chi connectivity index (χ1n) is 7.78. The number of aryl methyl sites for hydroxylation is 2. The van der Waals surface area contributed by atoms with Gasteiger partial charge in [-0.25, -0.2) is 13.4 Å². The number of hydrogen-bond donors (Lipinski definition) is 1. The van der Waals surface area contributed by atoms with Crippen LogP contribution in [0.1, 0.15) is 24.5 Å². The second-order valence-corrected chi connectivity index (χ2v) is 8.04. The van der Waals surface area contributed by atoms with Crippen LogP contribution < -0.4 is 0 Å². The van der Waals surface area contributed by atoms with E-state index >= 15 is 0 Å². The molecule has 1 N–H and O–H groups in total. The number of halogens is 1. The van der Waals surface area contributed by atoms with Crippen molar-refractivity contribution in [2.24, 2.45) is 7.05 Å². The van der Waals surface area contributed by atoms with Gasteiger partial charge < -0.3 is 4.98 Å². The number of nitrogens with zero attached hydrogens (tertiary/aromatic N) is 5. The molecule has 0 bridgehead atoms. The zero-order valence-corrected chi connectivity index (χ0v) is 15.5. The normalized spacial score (nSPS) is 20.6. The van der Waals surface area contributed by atoms with Crippen LogP contribution in [0.5, 0.6) is 0 Å². The van der Waals surface area contributed by atoms with Gasteiger partial charge in [0, 0.05) is 39.1 Å². The molecule has 0 amide bonds. The van der Waals surface area contributed by atoms with Crippen LogP contribution in [-0.4, -0.2) is 63.6 Å². The van der Waals surface area contributed by atoms with Crippen LogP contribution in [0.4, 0.5) is 0 Å². The highest BCUT2D eigenvalue weighted by Gasteiger charge is 2.38. The maximum atomic E-state index is 13.1. The molecule has 3 rings (SSSR count). The first-order valence-corrected chi connectivity index (χ1v) is 9.60. The SMILES string of the molecule is CCN1CCN(S(=O)(=O)c2c(C)nn(C)c2Cl)CC1c1ncc[nH]1. The average Bonchev–Trinajstić information content (AvgIpc) is 3.15. The van der Waals surface area contributed by atoms with Crippen LogP contribution in [-0.2, 0) is 17.1 Å². The van der Waals surface area contributed by atoms with E-state index < -0.39 is 10.0 Å². The maximum absolute atomic E-state index is 13.1. The first kappa shape index (κ1) is 17.4. The molecule has 3 heterocycles. The van der Waals surface area contributed by atoms with Crippen LogP contribution in [0.2, 0.25) is 5.15 Å². The van der Waals surface area contributed by atoms with Crippen molar-refractivity contribution in [2.75, 3.05) is 26.2 Å². The number of piperazine rings is 1. The first-order chi connectivity index (χ1) is 11.4. The molecule has 10 heteroatoms. The lowest BCUT2D eigenvalue weighted by Gasteiger charge is -2.39. The van der Waals surface area contributed by atoms with E-state index in [0.717, 1.165) is 12.4 Å². The van der Waals surface area contributed by atoms with Crippen molar-refractivity contribution in [3.8, 4) is 0 Å². The van der Waals surface area contributed by atoms with Gasteiger partial charge in [0.2, 0.25) is 10.0 Å². The minimum Gasteiger partial charge on any atom is -0.347 e. The Morgan fingerprint density at radius 1 is 1.42 bits per heavy atom. The number of nitrogens with one attached hydrogen (secondary N) is 1. The smallest absolute Gasteiger partial charge is 0.248 e. The molecule has 8 nitrogen and oxygen atoms in total. The van der Waals surface area contributed by atoms with Gasteiger partial charge in [-0.15, -0.1) is 0 Å². The summed E-state index contributed by atoms with van der Waals surface area (Å²) in [6.07, 6.45) is 3.43. The van der Waals surface area contributed by atoms with E-state index in [2.05, 4.69) is 26.9 Å². The zero-order chi connectivity index (χ0) is 17.5. The molecular formula is C14H21ClN6O2S. The van der Waals surface area contributed by atoms with Crippen molar-refractivity contribution in [2.45, 2.75) is 24.8 Å². The van der Waals surface area contributed by atoms with Crippen molar-refractivity contribution >= 4 is 21.6 Å². The number of likely N-dealkylation sites (N-methyl/N-ethyl adjacent to an activating group) is 1. The predicted octanol–water partition coefficient (Wildman–Crippen LogP) is 1.17. The summed E-state index contributed by atoms with van der Waals surface area (Å²) < 4.78 is 29.0. The van der Waals surface area contributed by atoms with Gasteiger partial charge in [0.05, 0.1) is 11.7 Å². The summed E-state index contributed by atoms with van der Waals surface area (Å²) in [5.41, 5.74) is 0.412. The number of H-pyrrole nitrogens is 1. The molecule has 0 spiro atoms. The quantitative estimate of drug-likeness (QED) is 0.870. The molecule has 24 heavy (non-hydrogen) atoms. The van der Waals surface area contributed by atoms with Gasteiger partial charge in [0.15, 0.2) is 0 Å². The van der Waals surface area contributed by atoms with Gasteiger partial charge in [-0.1, -0.05) is 18.5 Å². The summed E-state index contributed by atoms with van der Waals surface area (Å²) in [4.78, 5) is 9.70. The van der Waals surface area contributed by atoms with Crippen molar-refractivity contribution in [1.82, 2.24) is 29.0 Å². The molecule has 0 aliphatic carbocycles. The molecule has 1 aliphatic heterocycles. The second kappa shape index (κ2) is 6.47. The van der Waals surface area contributed by atoms with Crippen molar-refractivity contribution in [3.05, 3.63) is 29.1 Å². The van der Waals surface area contributed by atoms with E-state index in [0.29, 0.717) is 25.3 Å². The zero-order valence-electron chi connectivity index (χ0n) is 13.9. The molecule has 0 aromatic carbocycles. The summed E-state index contributed by atoms with van der Waals surface area (Å²) in [6.45, 7) is 5.92. The van der Waals surface area contributed by atoms with Crippen LogP contribution in [0.25, 0.3) is 0 Å². The maximum Gasteiger partial charge on any atom is 0.248 e. The molecule has 1 aliphatic rings. The second-order valence-electron chi connectivity index (χ2n) is 5.81. The van der Waals surface area contributed by atoms with Gasteiger partial charge in [0.25, 0.3) is 0 Å². The lowest BCUT2D eigenvalue weighted by molar-refractivity contribution is 0.119. The third-order valence-electron chi connectivity index (χ3n) is 4.39. The lowest BCUT2D eigenvalue weighted by Crippen LogP contribution is -2.50. The van der Waals surface area contributed by atoms with Crippen LogP contribution >= 0.6 is 11.6 Å². The van der Waals surface area contributed by atoms with Gasteiger partial charge >= 0.3 is 0 Å². The fraction of sp³-hybridized carbons (Fsp3) is 0.571. The van der Waals surface area contributed by atoms with E-state index in [1.54, 1.807) is 26.4 Å². The highest BCUT2D eigenvalue weighted by molar-refractivity contribution is 7.89. The molecular weight excluding hydrogens is 352 g/mol. The highest BCUT2D eigenvalue weighted by atomic mass is 35.5. The number of imidazole rings is 1. The topological polar surface area (TPSA) is 87.1 Å². The van der Waals surface area contributed by atoms with E-state index in [1.807, 2.05) is 0 Å². The largest absolute Gasteiger partial charge is 0.347 e. The molecule has 132 valence electrons. The third-order valence-corrected chi connectivity index (χ3v) is 6.95. The molecule has 0 radical (unpaired) electrons. The Morgan fingerprint density at radius 3 is 2.71 bits per heavy atom. The lowest BCUT2D eigenvalue weighted by atomic mass is 10.2. The molecule has 1 unspecified atom stereocenters. The van der Waals surface area contributed by atoms with Gasteiger partial charge in [-0.3, -0.25) is 9.58 Å². The molecule has 1 saturated heterocycles. The fourth-order valence-electron chi connectivity index (χ4n) is 3.14. The predicted molar refractivity (Wildman–Crippen MR) is 90.3 cm³/mol. The molecule has 2 aromatic rings. The number of sulfonamides is 1. The Kier molecular flexibility index (Phi) is 4.69. The Balaban J connectivity index is 1.94. The minimum absolute atomic E-state index is 0.0924. The average molecular weight is 373 g/mol. The summed E-state index contributed by atoms with van der Waals surface area (Å²) in [5.74, 6) is 0.769. The van der Waals surface area contributed by atoms with Crippen molar-refractivity contribution in [3.63, 3.8) is 0 Å². The minimum atomic E-state index is -3.71. The number of rotatable bonds is 4. The van der Waals surface area contributed by atoms with Gasteiger partial charge in [-0.05, 0) is 13.5 Å². The van der Waals surface area contributed by atoms with Crippen molar-refractivity contribution in [1.29, 1.82) is 0 Å². The number of hydrogen-bond acceptors (Lipinski definition) is 5. The summed E-state index contributed by atoms with van der Waals surface area (Å²) in [6, 6.07) is -0.107. The van der Waals surface area contributed by atoms with Crippen LogP contribution in [0.15, 0.2) is 17.3 Å². The van der Waals surface area contributed by atoms with Crippen LogP contribution in [0, 0.1) is 6.92 Å². The van der Waals surface area contributed by atoms with E-state index in [4.69, 9.17) is 11.6 Å². The fourth-order valence-corrected chi connectivity index (χ4v) is 5.29.